The van der Waals surface area contributed by atoms with E-state index in [1.807, 2.05) is 0 Å². The first-order valence-corrected chi connectivity index (χ1v) is 27.5. The minimum atomic E-state index is -1.89. The number of rotatable bonds is 11. The second-order valence-corrected chi connectivity index (χ2v) is 26.2. The van der Waals surface area contributed by atoms with Gasteiger partial charge < -0.3 is 109 Å². The Morgan fingerprint density at radius 3 is 1.81 bits per heavy atom. The molecule has 10 aliphatic rings. The van der Waals surface area contributed by atoms with Crippen molar-refractivity contribution in [1.29, 1.82) is 0 Å². The zero-order chi connectivity index (χ0) is 54.3. The number of aliphatic hydroxyl groups is 12. The van der Waals surface area contributed by atoms with E-state index in [0.29, 0.717) is 25.9 Å². The van der Waals surface area contributed by atoms with Crippen molar-refractivity contribution in [3.05, 3.63) is 0 Å². The zero-order valence-corrected chi connectivity index (χ0v) is 44.3. The molecule has 10 rings (SSSR count). The molecule has 22 heteroatoms. The molecule has 1 spiro atoms. The Kier molecular flexibility index (Phi) is 15.3. The topological polar surface area (TPSA) is 343 Å². The zero-order valence-electron chi connectivity index (χ0n) is 44.3. The van der Waals surface area contributed by atoms with E-state index < -0.39 is 165 Å². The summed E-state index contributed by atoms with van der Waals surface area (Å²) in [4.78, 5) is 12.6. The van der Waals surface area contributed by atoms with Gasteiger partial charge in [0.25, 0.3) is 0 Å². The number of ether oxygens (including phenoxy) is 9. The number of hydrogen-bond acceptors (Lipinski definition) is 22. The van der Waals surface area contributed by atoms with Crippen LogP contribution in [0, 0.1) is 50.2 Å². The lowest BCUT2D eigenvalue weighted by molar-refractivity contribution is -0.394. The average Bonchev–Trinajstić information content (AvgIpc) is 3.66. The molecule has 430 valence electrons. The van der Waals surface area contributed by atoms with E-state index in [2.05, 4.69) is 41.5 Å². The smallest absolute Gasteiger partial charge is 0.187 e. The Labute approximate surface area is 437 Å². The van der Waals surface area contributed by atoms with Crippen molar-refractivity contribution in [2.24, 2.45) is 50.2 Å². The van der Waals surface area contributed by atoms with Crippen molar-refractivity contribution in [3.8, 4) is 0 Å². The predicted octanol–water partition coefficient (Wildman–Crippen LogP) is -1.50. The summed E-state index contributed by atoms with van der Waals surface area (Å²) >= 11 is 0. The lowest BCUT2D eigenvalue weighted by Crippen LogP contribution is -2.74. The molecule has 0 unspecified atom stereocenters. The summed E-state index contributed by atoms with van der Waals surface area (Å²) in [6.45, 7) is 13.6. The first kappa shape index (κ1) is 57.1. The van der Waals surface area contributed by atoms with Crippen molar-refractivity contribution < 1.29 is 109 Å². The fraction of sp³-hybridized carbons (Fsp3) is 0.981. The van der Waals surface area contributed by atoms with Gasteiger partial charge >= 0.3 is 0 Å². The van der Waals surface area contributed by atoms with Gasteiger partial charge in [-0.1, -0.05) is 41.5 Å². The molecule has 0 radical (unpaired) electrons. The second-order valence-electron chi connectivity index (χ2n) is 26.2. The van der Waals surface area contributed by atoms with Crippen LogP contribution in [0.2, 0.25) is 0 Å². The molecule has 5 heterocycles. The van der Waals surface area contributed by atoms with Gasteiger partial charge in [-0.3, -0.25) is 0 Å². The molecule has 22 nitrogen and oxygen atoms in total. The number of aliphatic hydroxyl groups excluding tert-OH is 12. The highest BCUT2D eigenvalue weighted by atomic mass is 16.8. The summed E-state index contributed by atoms with van der Waals surface area (Å²) in [7, 11) is 0. The predicted molar refractivity (Wildman–Crippen MR) is 255 cm³/mol. The van der Waals surface area contributed by atoms with Crippen LogP contribution in [0.25, 0.3) is 0 Å². The summed E-state index contributed by atoms with van der Waals surface area (Å²) in [5, 5.41) is 131. The van der Waals surface area contributed by atoms with Crippen molar-refractivity contribution in [2.75, 3.05) is 26.4 Å². The standard InChI is InChI=1S/C53H86O22/c1-23-32(58)36(62)39(65)43(69-23)75-42-38(64)34(60)25(19-55)71-46(42)72-26-20-67-45(41(35(26)61)74-44-40(66)37(63)33(59)24(18-54)70-44)73-31-10-11-49(5)27(47(31,2)3)8-12-50(6)28(49)9-13-53-29-16-48(4,21-56)14-15-52(29,22-68-53)30(57)17-51(50,53)7/h21,23-46,54-55,57-66H,8-20,22H2,1-7H3/t23-,24-,25-,26-,27+,28-,29+,30+,31+,32+,33+,34-,35-,36+,37-,38-,39+,40+,41-,42+,43+,44-,45-,46-,48-,49-,50-,51-,52-,53+/m0/s1. The number of fused-ring (bicyclic) bond motifs is 4. The molecule has 5 saturated heterocycles. The van der Waals surface area contributed by atoms with Crippen LogP contribution in [0.4, 0.5) is 0 Å². The monoisotopic (exact) mass is 1070 g/mol. The largest absolute Gasteiger partial charge is 0.394 e. The van der Waals surface area contributed by atoms with Crippen LogP contribution in [0.3, 0.4) is 0 Å². The molecule has 0 amide bonds. The molecule has 5 saturated carbocycles. The van der Waals surface area contributed by atoms with Gasteiger partial charge in [-0.25, -0.2) is 0 Å². The molecule has 2 bridgehead atoms. The summed E-state index contributed by atoms with van der Waals surface area (Å²) in [5.74, 6) is 0.451. The third-order valence-corrected chi connectivity index (χ3v) is 22.3. The molecule has 12 N–H and O–H groups in total. The number of aldehydes is 1. The number of carbonyl (C=O) groups is 1. The van der Waals surface area contributed by atoms with E-state index in [1.54, 1.807) is 0 Å². The molecule has 0 aromatic heterocycles. The van der Waals surface area contributed by atoms with Crippen molar-refractivity contribution >= 4 is 6.29 Å². The Morgan fingerprint density at radius 1 is 0.560 bits per heavy atom. The maximum Gasteiger partial charge on any atom is 0.187 e. The maximum atomic E-state index is 12.6. The molecule has 10 fully saturated rings. The maximum absolute atomic E-state index is 12.6. The van der Waals surface area contributed by atoms with Gasteiger partial charge in [0, 0.05) is 16.2 Å². The summed E-state index contributed by atoms with van der Waals surface area (Å²) in [5.41, 5.74) is -2.58. The molecule has 75 heavy (non-hydrogen) atoms. The van der Waals surface area contributed by atoms with Gasteiger partial charge in [0.15, 0.2) is 25.2 Å². The molecule has 30 atom stereocenters. The molecule has 5 aliphatic heterocycles. The summed E-state index contributed by atoms with van der Waals surface area (Å²) < 4.78 is 56.3. The lowest BCUT2D eigenvalue weighted by atomic mass is 9.30. The Balaban J connectivity index is 0.902. The van der Waals surface area contributed by atoms with Gasteiger partial charge in [0.1, 0.15) is 91.7 Å². The van der Waals surface area contributed by atoms with E-state index in [1.165, 1.54) is 6.92 Å². The van der Waals surface area contributed by atoms with Crippen LogP contribution in [-0.4, -0.2) is 229 Å². The van der Waals surface area contributed by atoms with E-state index >= 15 is 0 Å². The van der Waals surface area contributed by atoms with Crippen LogP contribution in [0.5, 0.6) is 0 Å². The van der Waals surface area contributed by atoms with Gasteiger partial charge in [-0.15, -0.1) is 0 Å². The van der Waals surface area contributed by atoms with Crippen molar-refractivity contribution in [2.45, 2.75) is 247 Å². The highest BCUT2D eigenvalue weighted by Gasteiger charge is 2.80. The van der Waals surface area contributed by atoms with Crippen molar-refractivity contribution in [3.63, 3.8) is 0 Å². The summed E-state index contributed by atoms with van der Waals surface area (Å²) in [6.07, 6.45) is -23.3. The Morgan fingerprint density at radius 2 is 1.16 bits per heavy atom. The molecular formula is C53H86O22. The second kappa shape index (κ2) is 20.1. The highest BCUT2D eigenvalue weighted by Crippen LogP contribution is 2.80. The lowest BCUT2D eigenvalue weighted by Gasteiger charge is -2.75. The van der Waals surface area contributed by atoms with Gasteiger partial charge in [0.2, 0.25) is 0 Å². The SMILES string of the molecule is C[C@@H]1O[C@H](O[C@H]2[C@H](O[C@H]3CO[C@@H](O[C@@H]4CC[C@@]5(C)[C@H](CC[C@@]6(C)[C@H]5CC[C@@]57OC[C@]8(CC[C@](C)(C=O)C[C@H]85)[C@H](O)C[C@@]67C)C4(C)C)[C@@H](O[C@@H]4O[C@@H](CO)[C@@H](O)[C@H](O)[C@H]4O)[C@H]3O)O[C@@H](CO)[C@H](O)[C@@H]2O)[C@H](O)[C@H](O)[C@@H]1O. The third-order valence-electron chi connectivity index (χ3n) is 22.3. The number of carbonyl (C=O) groups excluding carboxylic acids is 1. The van der Waals surface area contributed by atoms with Crippen LogP contribution in [-0.2, 0) is 47.4 Å². The van der Waals surface area contributed by atoms with Gasteiger partial charge in [-0.05, 0) is 105 Å². The molecule has 0 aromatic rings. The average molecular weight is 1080 g/mol. The van der Waals surface area contributed by atoms with Gasteiger partial charge in [-0.2, -0.15) is 0 Å². The van der Waals surface area contributed by atoms with E-state index in [-0.39, 0.29) is 39.4 Å². The fourth-order valence-corrected chi connectivity index (χ4v) is 17.6. The molecular weight excluding hydrogens is 989 g/mol. The molecule has 5 aliphatic carbocycles. The summed E-state index contributed by atoms with van der Waals surface area (Å²) in [6, 6.07) is 0. The fourth-order valence-electron chi connectivity index (χ4n) is 17.6. The van der Waals surface area contributed by atoms with Crippen LogP contribution in [0.1, 0.15) is 113 Å². The van der Waals surface area contributed by atoms with E-state index in [4.69, 9.17) is 42.6 Å². The highest BCUT2D eigenvalue weighted by molar-refractivity contribution is 5.59. The third kappa shape index (κ3) is 8.54. The minimum absolute atomic E-state index is 0.0717. The quantitative estimate of drug-likeness (QED) is 0.0827. The van der Waals surface area contributed by atoms with Crippen molar-refractivity contribution in [1.82, 2.24) is 0 Å². The van der Waals surface area contributed by atoms with Crippen LogP contribution < -0.4 is 0 Å². The normalized spacial score (nSPS) is 58.5. The Hall–Kier alpha value is -1.17. The van der Waals surface area contributed by atoms with Gasteiger partial charge in [0.05, 0.1) is 50.3 Å². The molecule has 0 aromatic carbocycles. The first-order valence-electron chi connectivity index (χ1n) is 27.5. The van der Waals surface area contributed by atoms with E-state index in [9.17, 15) is 66.1 Å². The van der Waals surface area contributed by atoms with E-state index in [0.717, 1.165) is 51.2 Å². The minimum Gasteiger partial charge on any atom is -0.394 e. The Bertz CT molecular complexity index is 2050. The van der Waals surface area contributed by atoms with Crippen LogP contribution >= 0.6 is 0 Å². The van der Waals surface area contributed by atoms with Crippen LogP contribution in [0.15, 0.2) is 0 Å². The number of hydrogen-bond donors (Lipinski definition) is 12. The first-order chi connectivity index (χ1) is 35.2.